The molecule has 0 spiro atoms. The quantitative estimate of drug-likeness (QED) is 0.380. The molecule has 3 rings (SSSR count). The summed E-state index contributed by atoms with van der Waals surface area (Å²) in [5.74, 6) is -0.688. The predicted molar refractivity (Wildman–Crippen MR) is 126 cm³/mol. The highest BCUT2D eigenvalue weighted by atomic mass is 19.4. The number of hydrogen-bond donors (Lipinski definition) is 1. The summed E-state index contributed by atoms with van der Waals surface area (Å²) in [4.78, 5) is 39.5. The van der Waals surface area contributed by atoms with Crippen LogP contribution in [0.3, 0.4) is 0 Å². The number of nitrogens with zero attached hydrogens (tertiary/aromatic N) is 6. The van der Waals surface area contributed by atoms with Gasteiger partial charge in [-0.25, -0.2) is 9.69 Å². The van der Waals surface area contributed by atoms with E-state index in [1.165, 1.54) is 17.0 Å². The molecule has 37 heavy (non-hydrogen) atoms. The van der Waals surface area contributed by atoms with Crippen LogP contribution in [-0.4, -0.2) is 56.9 Å². The first-order valence-corrected chi connectivity index (χ1v) is 11.8. The number of carbonyl (C=O) groups excluding carboxylic acids is 3. The molecule has 1 fully saturated rings. The fraction of sp³-hybridized carbons (Fsp3) is 0.500. The number of aromatic nitrogens is 3. The van der Waals surface area contributed by atoms with Gasteiger partial charge in [-0.05, 0) is 57.7 Å². The second-order valence-corrected chi connectivity index (χ2v) is 9.18. The van der Waals surface area contributed by atoms with E-state index < -0.39 is 34.8 Å². The largest absolute Gasteiger partial charge is 0.417 e. The van der Waals surface area contributed by atoms with Gasteiger partial charge in [-0.15, -0.1) is 5.10 Å². The summed E-state index contributed by atoms with van der Waals surface area (Å²) in [5, 5.41) is 19.7. The van der Waals surface area contributed by atoms with Gasteiger partial charge in [-0.2, -0.15) is 18.4 Å². The second kappa shape index (κ2) is 11.0. The maximum absolute atomic E-state index is 13.4. The van der Waals surface area contributed by atoms with Gasteiger partial charge in [0.2, 0.25) is 5.91 Å². The van der Waals surface area contributed by atoms with E-state index in [0.29, 0.717) is 44.7 Å². The lowest BCUT2D eigenvalue weighted by Gasteiger charge is -2.27. The van der Waals surface area contributed by atoms with E-state index in [-0.39, 0.29) is 18.1 Å². The van der Waals surface area contributed by atoms with E-state index in [4.69, 9.17) is 5.26 Å². The minimum absolute atomic E-state index is 0.0447. The molecule has 1 aliphatic rings. The molecule has 198 valence electrons. The molecule has 1 N–H and O–H groups in total. The number of hydrogen-bond acceptors (Lipinski definition) is 6. The molecule has 0 saturated carbocycles. The maximum atomic E-state index is 13.4. The molecule has 2 heterocycles. The van der Waals surface area contributed by atoms with E-state index in [9.17, 15) is 27.6 Å². The fourth-order valence-electron chi connectivity index (χ4n) is 4.11. The molecule has 0 unspecified atom stereocenters. The summed E-state index contributed by atoms with van der Waals surface area (Å²) in [6.45, 7) is 3.87. The zero-order chi connectivity index (χ0) is 27.4. The van der Waals surface area contributed by atoms with E-state index in [1.807, 2.05) is 0 Å². The van der Waals surface area contributed by atoms with Crippen molar-refractivity contribution in [1.29, 1.82) is 5.26 Å². The Kier molecular flexibility index (Phi) is 8.20. The number of halogens is 3. The van der Waals surface area contributed by atoms with Crippen LogP contribution in [0.15, 0.2) is 24.4 Å². The summed E-state index contributed by atoms with van der Waals surface area (Å²) < 4.78 is 41.9. The smallest absolute Gasteiger partial charge is 0.359 e. The first kappa shape index (κ1) is 27.6. The first-order chi connectivity index (χ1) is 17.4. The van der Waals surface area contributed by atoms with Crippen LogP contribution in [0.5, 0.6) is 0 Å². The van der Waals surface area contributed by atoms with Crippen molar-refractivity contribution < 1.29 is 27.6 Å². The van der Waals surface area contributed by atoms with Crippen LogP contribution in [-0.2, 0) is 28.7 Å². The Morgan fingerprint density at radius 2 is 1.89 bits per heavy atom. The van der Waals surface area contributed by atoms with Crippen molar-refractivity contribution >= 4 is 23.5 Å². The summed E-state index contributed by atoms with van der Waals surface area (Å²) in [6, 6.07) is 3.56. The number of aryl methyl sites for hydroxylation is 2. The number of amides is 4. The minimum Gasteiger partial charge on any atom is -0.359 e. The monoisotopic (exact) mass is 519 g/mol. The van der Waals surface area contributed by atoms with Crippen molar-refractivity contribution in [2.24, 2.45) is 0 Å². The van der Waals surface area contributed by atoms with Crippen LogP contribution in [0.1, 0.15) is 56.4 Å². The number of anilines is 1. The summed E-state index contributed by atoms with van der Waals surface area (Å²) in [7, 11) is 1.58. The van der Waals surface area contributed by atoms with Gasteiger partial charge in [0.15, 0.2) is 0 Å². The van der Waals surface area contributed by atoms with Gasteiger partial charge in [-0.1, -0.05) is 5.21 Å². The molecule has 4 amide bonds. The highest BCUT2D eigenvalue weighted by Gasteiger charge is 2.51. The minimum atomic E-state index is -4.81. The van der Waals surface area contributed by atoms with Crippen molar-refractivity contribution in [3.63, 3.8) is 0 Å². The Hall–Kier alpha value is -3.95. The lowest BCUT2D eigenvalue weighted by molar-refractivity contribution is -0.137. The SMILES string of the molecule is CNC(=O)CCCn1cc(CCCCN2C(=O)N(c3ccc(C#N)c(C(F)(F)F)c3)C(=O)C2(C)C)nn1. The van der Waals surface area contributed by atoms with Gasteiger partial charge in [0.1, 0.15) is 5.54 Å². The Labute approximate surface area is 212 Å². The highest BCUT2D eigenvalue weighted by Crippen LogP contribution is 2.37. The predicted octanol–water partition coefficient (Wildman–Crippen LogP) is 3.26. The Morgan fingerprint density at radius 1 is 1.16 bits per heavy atom. The molecule has 10 nitrogen and oxygen atoms in total. The Balaban J connectivity index is 1.61. The molecule has 13 heteroatoms. The molecule has 2 aromatic rings. The van der Waals surface area contributed by atoms with E-state index in [0.717, 1.165) is 16.7 Å². The highest BCUT2D eigenvalue weighted by molar-refractivity contribution is 6.23. The number of urea groups is 1. The molecule has 1 aromatic heterocycles. The summed E-state index contributed by atoms with van der Waals surface area (Å²) in [5.41, 5.74) is -2.52. The first-order valence-electron chi connectivity index (χ1n) is 11.8. The number of carbonyl (C=O) groups is 3. The average Bonchev–Trinajstić information content (AvgIpc) is 3.36. The number of unbranched alkanes of at least 4 members (excludes halogenated alkanes) is 1. The molecule has 0 aliphatic carbocycles. The van der Waals surface area contributed by atoms with Gasteiger partial charge in [0, 0.05) is 32.8 Å². The number of alkyl halides is 3. The van der Waals surface area contributed by atoms with Crippen molar-refractivity contribution in [3.8, 4) is 6.07 Å². The molecule has 0 radical (unpaired) electrons. The zero-order valence-electron chi connectivity index (χ0n) is 20.8. The number of nitriles is 1. The second-order valence-electron chi connectivity index (χ2n) is 9.18. The molecular weight excluding hydrogens is 491 g/mol. The summed E-state index contributed by atoms with van der Waals surface area (Å²) >= 11 is 0. The third-order valence-corrected chi connectivity index (χ3v) is 6.23. The lowest BCUT2D eigenvalue weighted by Crippen LogP contribution is -2.44. The molecule has 1 aromatic carbocycles. The molecule has 1 saturated heterocycles. The van der Waals surface area contributed by atoms with Gasteiger partial charge in [0.05, 0.1) is 28.6 Å². The maximum Gasteiger partial charge on any atom is 0.417 e. The van der Waals surface area contributed by atoms with Crippen LogP contribution in [0, 0.1) is 11.3 Å². The normalized spacial score (nSPS) is 15.3. The van der Waals surface area contributed by atoms with E-state index in [1.54, 1.807) is 31.8 Å². The Morgan fingerprint density at radius 3 is 2.54 bits per heavy atom. The van der Waals surface area contributed by atoms with Crippen LogP contribution >= 0.6 is 0 Å². The molecule has 0 atom stereocenters. The van der Waals surface area contributed by atoms with Crippen LogP contribution in [0.2, 0.25) is 0 Å². The van der Waals surface area contributed by atoms with Crippen LogP contribution in [0.4, 0.5) is 23.7 Å². The standard InChI is InChI=1S/C24H28F3N7O3/c1-23(2)21(36)34(18-10-9-16(14-28)19(13-18)24(25,26)27)22(37)33(23)12-5-4-7-17-15-32(31-30-17)11-6-8-20(35)29-3/h9-10,13,15H,4-8,11-12H2,1-3H3,(H,29,35). The van der Waals surface area contributed by atoms with Crippen molar-refractivity contribution in [3.05, 3.63) is 41.2 Å². The lowest BCUT2D eigenvalue weighted by atomic mass is 10.0. The van der Waals surface area contributed by atoms with Crippen molar-refractivity contribution in [2.75, 3.05) is 18.5 Å². The number of benzene rings is 1. The van der Waals surface area contributed by atoms with Crippen LogP contribution < -0.4 is 10.2 Å². The third-order valence-electron chi connectivity index (χ3n) is 6.23. The fourth-order valence-corrected chi connectivity index (χ4v) is 4.11. The topological polar surface area (TPSA) is 124 Å². The van der Waals surface area contributed by atoms with Crippen LogP contribution in [0.25, 0.3) is 0 Å². The van der Waals surface area contributed by atoms with Gasteiger partial charge in [-0.3, -0.25) is 14.3 Å². The molecular formula is C24H28F3N7O3. The van der Waals surface area contributed by atoms with Gasteiger partial charge >= 0.3 is 12.2 Å². The summed E-state index contributed by atoms with van der Waals surface area (Å²) in [6.07, 6.45) is -0.248. The zero-order valence-corrected chi connectivity index (χ0v) is 20.8. The van der Waals surface area contributed by atoms with E-state index >= 15 is 0 Å². The molecule has 0 bridgehead atoms. The molecule has 1 aliphatic heterocycles. The number of nitrogens with one attached hydrogen (secondary N) is 1. The third kappa shape index (κ3) is 6.07. The number of imide groups is 1. The number of rotatable bonds is 10. The van der Waals surface area contributed by atoms with Crippen molar-refractivity contribution in [2.45, 2.75) is 64.2 Å². The average molecular weight is 520 g/mol. The van der Waals surface area contributed by atoms with Gasteiger partial charge < -0.3 is 10.2 Å². The Bertz CT molecular complexity index is 1220. The van der Waals surface area contributed by atoms with E-state index in [2.05, 4.69) is 15.6 Å². The van der Waals surface area contributed by atoms with Crippen molar-refractivity contribution in [1.82, 2.24) is 25.2 Å². The van der Waals surface area contributed by atoms with Gasteiger partial charge in [0.25, 0.3) is 5.91 Å².